The van der Waals surface area contributed by atoms with E-state index in [9.17, 15) is 4.39 Å². The van der Waals surface area contributed by atoms with Crippen LogP contribution in [-0.4, -0.2) is 12.1 Å². The molecule has 0 aliphatic carbocycles. The highest BCUT2D eigenvalue weighted by Gasteiger charge is 2.12. The van der Waals surface area contributed by atoms with Gasteiger partial charge in [-0.2, -0.15) is 0 Å². The zero-order chi connectivity index (χ0) is 10.8. The number of anilines is 1. The van der Waals surface area contributed by atoms with E-state index in [1.165, 1.54) is 18.2 Å². The summed E-state index contributed by atoms with van der Waals surface area (Å²) in [5.74, 6) is -0.0347. The Hall–Kier alpha value is -1.29. The van der Waals surface area contributed by atoms with Crippen molar-refractivity contribution in [3.63, 3.8) is 0 Å². The van der Waals surface area contributed by atoms with Gasteiger partial charge in [0.25, 0.3) is 0 Å². The van der Waals surface area contributed by atoms with Gasteiger partial charge in [0.15, 0.2) is 0 Å². The second-order valence-electron chi connectivity index (χ2n) is 3.96. The molecule has 0 atom stereocenters. The molecule has 0 aromatic heterocycles. The number of halogens is 1. The van der Waals surface area contributed by atoms with Crippen molar-refractivity contribution in [2.75, 3.05) is 12.3 Å². The lowest BCUT2D eigenvalue weighted by Crippen LogP contribution is -2.38. The predicted molar refractivity (Wildman–Crippen MR) is 54.6 cm³/mol. The number of nitrogens with two attached hydrogens (primary N) is 2. The predicted octanol–water partition coefficient (Wildman–Crippen LogP) is 1.52. The third-order valence-electron chi connectivity index (χ3n) is 1.58. The van der Waals surface area contributed by atoms with Crippen LogP contribution >= 0.6 is 0 Å². The van der Waals surface area contributed by atoms with Crippen molar-refractivity contribution in [1.29, 1.82) is 0 Å². The van der Waals surface area contributed by atoms with Gasteiger partial charge in [0, 0.05) is 11.6 Å². The highest BCUT2D eigenvalue weighted by Crippen LogP contribution is 2.22. The molecule has 0 amide bonds. The topological polar surface area (TPSA) is 61.3 Å². The number of rotatable bonds is 3. The molecule has 0 saturated heterocycles. The van der Waals surface area contributed by atoms with Crippen molar-refractivity contribution < 1.29 is 9.13 Å². The van der Waals surface area contributed by atoms with E-state index in [1.807, 2.05) is 13.8 Å². The first-order valence-electron chi connectivity index (χ1n) is 4.35. The minimum absolute atomic E-state index is 0.292. The first-order valence-corrected chi connectivity index (χ1v) is 4.35. The molecule has 1 aromatic rings. The van der Waals surface area contributed by atoms with Gasteiger partial charge in [0.2, 0.25) is 0 Å². The van der Waals surface area contributed by atoms with Crippen LogP contribution in [0.5, 0.6) is 5.75 Å². The molecule has 0 bridgehead atoms. The van der Waals surface area contributed by atoms with Crippen molar-refractivity contribution in [3.8, 4) is 5.75 Å². The molecule has 0 unspecified atom stereocenters. The summed E-state index contributed by atoms with van der Waals surface area (Å²) in [5, 5.41) is 0. The van der Waals surface area contributed by atoms with Crippen molar-refractivity contribution in [2.45, 2.75) is 19.4 Å². The maximum absolute atomic E-state index is 12.8. The molecule has 0 aliphatic heterocycles. The maximum Gasteiger partial charge on any atom is 0.145 e. The molecule has 1 aromatic carbocycles. The largest absolute Gasteiger partial charge is 0.489 e. The van der Waals surface area contributed by atoms with Crippen LogP contribution in [0, 0.1) is 5.82 Å². The van der Waals surface area contributed by atoms with Gasteiger partial charge < -0.3 is 16.2 Å². The van der Waals surface area contributed by atoms with Crippen LogP contribution in [0.3, 0.4) is 0 Å². The lowest BCUT2D eigenvalue weighted by molar-refractivity contribution is 0.243. The highest BCUT2D eigenvalue weighted by molar-refractivity contribution is 5.52. The van der Waals surface area contributed by atoms with Crippen LogP contribution in [0.1, 0.15) is 13.8 Å². The van der Waals surface area contributed by atoms with E-state index < -0.39 is 5.54 Å². The van der Waals surface area contributed by atoms with Gasteiger partial charge >= 0.3 is 0 Å². The molecule has 3 nitrogen and oxygen atoms in total. The summed E-state index contributed by atoms with van der Waals surface area (Å²) in [7, 11) is 0. The van der Waals surface area contributed by atoms with Crippen molar-refractivity contribution in [1.82, 2.24) is 0 Å². The number of hydrogen-bond donors (Lipinski definition) is 2. The van der Waals surface area contributed by atoms with Gasteiger partial charge in [0.05, 0.1) is 5.69 Å². The van der Waals surface area contributed by atoms with E-state index in [0.29, 0.717) is 18.0 Å². The van der Waals surface area contributed by atoms with Gasteiger partial charge in [-0.05, 0) is 26.0 Å². The zero-order valence-corrected chi connectivity index (χ0v) is 8.38. The third kappa shape index (κ3) is 3.22. The Kier molecular flexibility index (Phi) is 2.96. The number of hydrogen-bond acceptors (Lipinski definition) is 3. The fourth-order valence-electron chi connectivity index (χ4n) is 0.897. The quantitative estimate of drug-likeness (QED) is 0.724. The Morgan fingerprint density at radius 2 is 2.07 bits per heavy atom. The summed E-state index contributed by atoms with van der Waals surface area (Å²) in [6, 6.07) is 4.00. The Bertz CT molecular complexity index is 320. The summed E-state index contributed by atoms with van der Waals surface area (Å²) >= 11 is 0. The lowest BCUT2D eigenvalue weighted by Gasteiger charge is -2.19. The molecule has 0 radical (unpaired) electrons. The van der Waals surface area contributed by atoms with Gasteiger partial charge in [-0.3, -0.25) is 0 Å². The van der Waals surface area contributed by atoms with Crippen LogP contribution < -0.4 is 16.2 Å². The number of nitrogen functional groups attached to an aromatic ring is 1. The van der Waals surface area contributed by atoms with Crippen LogP contribution in [0.25, 0.3) is 0 Å². The summed E-state index contributed by atoms with van der Waals surface area (Å²) in [5.41, 5.74) is 11.3. The Balaban J connectivity index is 2.72. The SMILES string of the molecule is CC(C)(N)COc1cc(F)ccc1N. The van der Waals surface area contributed by atoms with E-state index in [0.717, 1.165) is 0 Å². The first-order chi connectivity index (χ1) is 6.38. The molecule has 78 valence electrons. The smallest absolute Gasteiger partial charge is 0.145 e. The van der Waals surface area contributed by atoms with Crippen LogP contribution in [0.4, 0.5) is 10.1 Å². The molecule has 14 heavy (non-hydrogen) atoms. The number of benzene rings is 1. The second-order valence-corrected chi connectivity index (χ2v) is 3.96. The second kappa shape index (κ2) is 3.84. The lowest BCUT2D eigenvalue weighted by atomic mass is 10.1. The molecule has 4 heteroatoms. The molecule has 1 rings (SSSR count). The first kappa shape index (κ1) is 10.8. The van der Waals surface area contributed by atoms with Crippen LogP contribution in [0.15, 0.2) is 18.2 Å². The number of ether oxygens (including phenoxy) is 1. The normalized spacial score (nSPS) is 11.4. The van der Waals surface area contributed by atoms with Crippen molar-refractivity contribution in [2.24, 2.45) is 5.73 Å². The van der Waals surface area contributed by atoms with Gasteiger partial charge in [0.1, 0.15) is 18.2 Å². The average molecular weight is 198 g/mol. The fourth-order valence-corrected chi connectivity index (χ4v) is 0.897. The zero-order valence-electron chi connectivity index (χ0n) is 8.38. The van der Waals surface area contributed by atoms with Crippen molar-refractivity contribution in [3.05, 3.63) is 24.0 Å². The Morgan fingerprint density at radius 1 is 1.43 bits per heavy atom. The standard InChI is InChI=1S/C10H15FN2O/c1-10(2,13)6-14-9-5-7(11)3-4-8(9)12/h3-5H,6,12-13H2,1-2H3. The minimum Gasteiger partial charge on any atom is -0.489 e. The van der Waals surface area contributed by atoms with Crippen LogP contribution in [-0.2, 0) is 0 Å². The van der Waals surface area contributed by atoms with Gasteiger partial charge in [-0.15, -0.1) is 0 Å². The average Bonchev–Trinajstić information content (AvgIpc) is 2.05. The van der Waals surface area contributed by atoms with Gasteiger partial charge in [-0.1, -0.05) is 0 Å². The Morgan fingerprint density at radius 3 is 2.64 bits per heavy atom. The van der Waals surface area contributed by atoms with Crippen LogP contribution in [0.2, 0.25) is 0 Å². The molecular formula is C10H15FN2O. The monoisotopic (exact) mass is 198 g/mol. The van der Waals surface area contributed by atoms with E-state index >= 15 is 0 Å². The maximum atomic E-state index is 12.8. The van der Waals surface area contributed by atoms with E-state index in [1.54, 1.807) is 0 Å². The van der Waals surface area contributed by atoms with E-state index in [2.05, 4.69) is 0 Å². The molecule has 0 fully saturated rings. The highest BCUT2D eigenvalue weighted by atomic mass is 19.1. The summed E-state index contributed by atoms with van der Waals surface area (Å²) < 4.78 is 18.1. The van der Waals surface area contributed by atoms with E-state index in [-0.39, 0.29) is 5.82 Å². The summed E-state index contributed by atoms with van der Waals surface area (Å²) in [6.07, 6.45) is 0. The summed E-state index contributed by atoms with van der Waals surface area (Å²) in [6.45, 7) is 3.94. The van der Waals surface area contributed by atoms with Crippen molar-refractivity contribution >= 4 is 5.69 Å². The van der Waals surface area contributed by atoms with Gasteiger partial charge in [-0.25, -0.2) is 4.39 Å². The fraction of sp³-hybridized carbons (Fsp3) is 0.400. The third-order valence-corrected chi connectivity index (χ3v) is 1.58. The molecule has 0 aliphatic rings. The molecule has 0 saturated carbocycles. The molecular weight excluding hydrogens is 183 g/mol. The molecule has 0 heterocycles. The minimum atomic E-state index is -0.460. The van der Waals surface area contributed by atoms with E-state index in [4.69, 9.17) is 16.2 Å². The molecule has 4 N–H and O–H groups in total. The molecule has 0 spiro atoms. The Labute approximate surface area is 82.9 Å². The summed E-state index contributed by atoms with van der Waals surface area (Å²) in [4.78, 5) is 0.